The van der Waals surface area contributed by atoms with E-state index in [4.69, 9.17) is 23.7 Å². The molecule has 8 rings (SSSR count). The van der Waals surface area contributed by atoms with Gasteiger partial charge in [0, 0.05) is 82.3 Å². The third-order valence-electron chi connectivity index (χ3n) is 14.5. The van der Waals surface area contributed by atoms with Gasteiger partial charge in [-0.3, -0.25) is 14.5 Å². The first kappa shape index (κ1) is 33.7. The van der Waals surface area contributed by atoms with Gasteiger partial charge in [0.15, 0.2) is 0 Å². The van der Waals surface area contributed by atoms with Crippen molar-refractivity contribution in [1.82, 2.24) is 4.90 Å². The summed E-state index contributed by atoms with van der Waals surface area (Å²) in [6, 6.07) is 6.12. The zero-order valence-corrected chi connectivity index (χ0v) is 29.3. The van der Waals surface area contributed by atoms with Crippen LogP contribution >= 0.6 is 0 Å². The molecule has 7 bridgehead atoms. The number of esters is 1. The van der Waals surface area contributed by atoms with Crippen LogP contribution in [0.2, 0.25) is 0 Å². The van der Waals surface area contributed by atoms with Gasteiger partial charge in [-0.25, -0.2) is 9.69 Å². The predicted molar refractivity (Wildman–Crippen MR) is 174 cm³/mol. The third kappa shape index (κ3) is 3.86. The van der Waals surface area contributed by atoms with Crippen molar-refractivity contribution in [2.75, 3.05) is 53.0 Å². The van der Waals surface area contributed by atoms with Crippen molar-refractivity contribution in [1.29, 1.82) is 0 Å². The molecule has 5 saturated carbocycles. The Hall–Kier alpha value is -2.45. The number of para-hydroxylation sites is 1. The summed E-state index contributed by atoms with van der Waals surface area (Å²) in [4.78, 5) is 43.3. The van der Waals surface area contributed by atoms with Gasteiger partial charge in [0.05, 0.1) is 48.3 Å². The van der Waals surface area contributed by atoms with Crippen LogP contribution in [0.15, 0.2) is 24.3 Å². The van der Waals surface area contributed by atoms with Crippen molar-refractivity contribution in [3.63, 3.8) is 0 Å². The number of carbonyl (C=O) groups is 3. The molecule has 7 fully saturated rings. The molecule has 2 heterocycles. The van der Waals surface area contributed by atoms with Gasteiger partial charge in [-0.15, -0.1) is 0 Å². The zero-order chi connectivity index (χ0) is 34.8. The van der Waals surface area contributed by atoms with E-state index in [9.17, 15) is 24.6 Å². The summed E-state index contributed by atoms with van der Waals surface area (Å²) in [7, 11) is 6.70. The molecule has 49 heavy (non-hydrogen) atoms. The lowest BCUT2D eigenvalue weighted by Crippen LogP contribution is -2.82. The van der Waals surface area contributed by atoms with Gasteiger partial charge in [-0.1, -0.05) is 26.0 Å². The molecule has 12 heteroatoms. The Morgan fingerprint density at radius 3 is 2.43 bits per heavy atom. The second-order valence-corrected chi connectivity index (χ2v) is 16.0. The number of carbonyl (C=O) groups excluding carboxylic acids is 3. The summed E-state index contributed by atoms with van der Waals surface area (Å²) >= 11 is 0. The van der Waals surface area contributed by atoms with Gasteiger partial charge in [0.2, 0.25) is 11.8 Å². The molecule has 268 valence electrons. The number of piperidine rings is 1. The quantitative estimate of drug-likeness (QED) is 0.292. The number of hydrogen-bond acceptors (Lipinski definition) is 11. The summed E-state index contributed by atoms with van der Waals surface area (Å²) < 4.78 is 31.4. The largest absolute Gasteiger partial charge is 0.461 e. The number of likely N-dealkylation sites (N-methyl/N-ethyl adjacent to an activating group) is 1. The number of benzene rings is 1. The van der Waals surface area contributed by atoms with Gasteiger partial charge in [0.1, 0.15) is 11.2 Å². The number of aliphatic hydroxyl groups is 2. The molecule has 0 unspecified atom stereocenters. The van der Waals surface area contributed by atoms with Crippen molar-refractivity contribution >= 4 is 23.5 Å². The summed E-state index contributed by atoms with van der Waals surface area (Å²) in [5.41, 5.74) is -4.17. The molecule has 2 N–H and O–H groups in total. The first-order valence-corrected chi connectivity index (χ1v) is 17.9. The number of amides is 2. The Kier molecular flexibility index (Phi) is 7.75. The van der Waals surface area contributed by atoms with Crippen molar-refractivity contribution in [2.45, 2.75) is 87.6 Å². The molecular formula is C37H50N2O10. The second-order valence-electron chi connectivity index (χ2n) is 16.0. The summed E-state index contributed by atoms with van der Waals surface area (Å²) in [6.45, 7) is 4.95. The van der Waals surface area contributed by atoms with Gasteiger partial charge in [0.25, 0.3) is 0 Å². The molecule has 2 amide bonds. The maximum atomic E-state index is 14.1. The third-order valence-corrected chi connectivity index (χ3v) is 14.5. The number of methoxy groups -OCH3 is 4. The monoisotopic (exact) mass is 682 g/mol. The lowest BCUT2D eigenvalue weighted by atomic mass is 9.42. The highest BCUT2D eigenvalue weighted by Crippen LogP contribution is 2.80. The molecule has 1 aromatic rings. The van der Waals surface area contributed by atoms with Crippen molar-refractivity contribution in [3.05, 3.63) is 29.8 Å². The fourth-order valence-electron chi connectivity index (χ4n) is 13.2. The molecule has 12 nitrogen and oxygen atoms in total. The first-order valence-electron chi connectivity index (χ1n) is 17.9. The Morgan fingerprint density at radius 2 is 1.80 bits per heavy atom. The maximum absolute atomic E-state index is 14.1. The van der Waals surface area contributed by atoms with Crippen LogP contribution < -0.4 is 4.90 Å². The number of likely N-dealkylation sites (tertiary alicyclic amines) is 1. The van der Waals surface area contributed by atoms with E-state index in [1.165, 1.54) is 0 Å². The van der Waals surface area contributed by atoms with Crippen LogP contribution in [-0.4, -0.2) is 123 Å². The maximum Gasteiger partial charge on any atom is 0.340 e. The SMILES string of the molecule is CCN1C[C@]2(COC(=O)c3ccccc3N3C(=O)C[C@H](C)C3=O)CC[C@H](OC)[C@]34[C@@H]5C[C@H]6[C@H](OC)[C@@H]5[C@](O)(C[C@@H]6OC)[C@@](O)([C@@H](OC)[C@H]23)[C@@H]14. The molecule has 5 aliphatic carbocycles. The highest BCUT2D eigenvalue weighted by Gasteiger charge is 2.91. The van der Waals surface area contributed by atoms with Gasteiger partial charge < -0.3 is 33.9 Å². The van der Waals surface area contributed by atoms with E-state index in [2.05, 4.69) is 11.8 Å². The van der Waals surface area contributed by atoms with Crippen LogP contribution in [0.1, 0.15) is 56.3 Å². The van der Waals surface area contributed by atoms with E-state index in [0.29, 0.717) is 25.9 Å². The fraction of sp³-hybridized carbons (Fsp3) is 0.757. The van der Waals surface area contributed by atoms with E-state index < -0.39 is 46.1 Å². The summed E-state index contributed by atoms with van der Waals surface area (Å²) in [5, 5.41) is 26.6. The van der Waals surface area contributed by atoms with Gasteiger partial charge >= 0.3 is 5.97 Å². The fourth-order valence-corrected chi connectivity index (χ4v) is 13.2. The van der Waals surface area contributed by atoms with E-state index in [0.717, 1.165) is 11.3 Å². The minimum Gasteiger partial charge on any atom is -0.461 e. The average Bonchev–Trinajstić information content (AvgIpc) is 3.63. The normalized spacial score (nSPS) is 48.0. The lowest BCUT2D eigenvalue weighted by molar-refractivity contribution is -0.320. The molecule has 2 aliphatic heterocycles. The molecule has 1 aromatic carbocycles. The molecule has 0 aromatic heterocycles. The molecule has 14 atom stereocenters. The Morgan fingerprint density at radius 1 is 1.04 bits per heavy atom. The van der Waals surface area contributed by atoms with Crippen molar-refractivity contribution in [3.8, 4) is 0 Å². The smallest absolute Gasteiger partial charge is 0.340 e. The Labute approximate surface area is 287 Å². The number of imide groups is 1. The standard InChI is InChI=1S/C37H50N2O10/c1-7-38-17-34(18-49-32(42)20-10-8-9-11-23(20)39-26(40)14-19(2)31(39)41)13-12-25(46-4)36-22-15-21-24(45-3)16-35(43,27(22)28(21)47-5)37(44,33(36)38)30(48-6)29(34)36/h8-11,19,21-22,24-25,27-30,33,43-44H,7,12-18H2,1-6H3/t19-,21+,22+,24-,25-,27+,28-,29+,30-,33-,34-,35+,36+,37+/m0/s1. The Balaban J connectivity index is 1.23. The van der Waals surface area contributed by atoms with Crippen molar-refractivity contribution < 1.29 is 48.3 Å². The van der Waals surface area contributed by atoms with Crippen LogP contribution in [0.4, 0.5) is 5.69 Å². The second kappa shape index (κ2) is 11.3. The highest BCUT2D eigenvalue weighted by molar-refractivity contribution is 6.22. The van der Waals surface area contributed by atoms with Crippen LogP contribution in [0.25, 0.3) is 0 Å². The highest BCUT2D eigenvalue weighted by atomic mass is 16.5. The van der Waals surface area contributed by atoms with E-state index in [1.807, 2.05) is 0 Å². The number of rotatable bonds is 9. The summed E-state index contributed by atoms with van der Waals surface area (Å²) in [5.74, 6) is -2.47. The first-order chi connectivity index (χ1) is 23.4. The molecule has 0 radical (unpaired) electrons. The van der Waals surface area contributed by atoms with Crippen LogP contribution in [0, 0.1) is 40.4 Å². The molecule has 1 spiro atoms. The van der Waals surface area contributed by atoms with Gasteiger partial charge in [-0.05, 0) is 43.9 Å². The topological polar surface area (TPSA) is 144 Å². The van der Waals surface area contributed by atoms with Crippen molar-refractivity contribution in [2.24, 2.45) is 40.4 Å². The van der Waals surface area contributed by atoms with E-state index in [-0.39, 0.29) is 84.5 Å². The minimum absolute atomic E-state index is 0.0358. The minimum atomic E-state index is -1.70. The van der Waals surface area contributed by atoms with Gasteiger partial charge in [-0.2, -0.15) is 0 Å². The number of fused-ring (bicyclic) bond motifs is 2. The van der Waals surface area contributed by atoms with Crippen LogP contribution in [-0.2, 0) is 33.3 Å². The molecular weight excluding hydrogens is 632 g/mol. The van der Waals surface area contributed by atoms with E-state index >= 15 is 0 Å². The average molecular weight is 683 g/mol. The number of ether oxygens (including phenoxy) is 5. The number of anilines is 1. The summed E-state index contributed by atoms with van der Waals surface area (Å²) in [6.07, 6.45) is 0.813. The van der Waals surface area contributed by atoms with E-state index in [1.54, 1.807) is 59.6 Å². The zero-order valence-electron chi connectivity index (χ0n) is 29.3. The van der Waals surface area contributed by atoms with Crippen LogP contribution in [0.5, 0.6) is 0 Å². The number of hydrogen-bond donors (Lipinski definition) is 2. The molecule has 2 saturated heterocycles. The number of nitrogens with zero attached hydrogens (tertiary/aromatic N) is 2. The predicted octanol–water partition coefficient (Wildman–Crippen LogP) is 2.04. The Bertz CT molecular complexity index is 1560. The molecule has 7 aliphatic rings. The lowest BCUT2D eigenvalue weighted by Gasteiger charge is -2.70. The van der Waals surface area contributed by atoms with Crippen LogP contribution in [0.3, 0.4) is 0 Å².